The van der Waals surface area contributed by atoms with Crippen LogP contribution in [0.5, 0.6) is 0 Å². The van der Waals surface area contributed by atoms with Gasteiger partial charge in [0.15, 0.2) is 0 Å². The summed E-state index contributed by atoms with van der Waals surface area (Å²) >= 11 is 0. The van der Waals surface area contributed by atoms with Crippen molar-refractivity contribution in [1.82, 2.24) is 0 Å². The average Bonchev–Trinajstić information content (AvgIpc) is 2.59. The van der Waals surface area contributed by atoms with Crippen molar-refractivity contribution >= 4 is 16.5 Å². The number of hydrogen-bond donors (Lipinski definition) is 1. The first-order valence-electron chi connectivity index (χ1n) is 9.63. The Morgan fingerprint density at radius 3 is 1.96 bits per heavy atom. The SMILES string of the molecule is CCCCCCCCCCCCNc1ccc2ccccc2c1. The number of rotatable bonds is 12. The third kappa shape index (κ3) is 7.07. The molecule has 0 heterocycles. The summed E-state index contributed by atoms with van der Waals surface area (Å²) < 4.78 is 0. The summed E-state index contributed by atoms with van der Waals surface area (Å²) in [6.45, 7) is 3.38. The number of fused-ring (bicyclic) bond motifs is 1. The Morgan fingerprint density at radius 1 is 0.652 bits per heavy atom. The molecular weight excluding hydrogens is 278 g/mol. The van der Waals surface area contributed by atoms with E-state index < -0.39 is 0 Å². The molecule has 0 fully saturated rings. The molecule has 0 atom stereocenters. The van der Waals surface area contributed by atoms with Crippen LogP contribution in [0.4, 0.5) is 5.69 Å². The van der Waals surface area contributed by atoms with Gasteiger partial charge in [-0.3, -0.25) is 0 Å². The van der Waals surface area contributed by atoms with E-state index in [0.717, 1.165) is 6.54 Å². The maximum Gasteiger partial charge on any atom is 0.0346 e. The summed E-state index contributed by atoms with van der Waals surface area (Å²) in [5.74, 6) is 0. The third-order valence-corrected chi connectivity index (χ3v) is 4.61. The van der Waals surface area contributed by atoms with E-state index in [0.29, 0.717) is 0 Å². The van der Waals surface area contributed by atoms with Gasteiger partial charge < -0.3 is 5.32 Å². The minimum atomic E-state index is 1.09. The van der Waals surface area contributed by atoms with Gasteiger partial charge in [-0.05, 0) is 29.3 Å². The van der Waals surface area contributed by atoms with Gasteiger partial charge in [0.05, 0.1) is 0 Å². The van der Waals surface area contributed by atoms with Gasteiger partial charge in [-0.2, -0.15) is 0 Å². The first-order chi connectivity index (χ1) is 11.4. The van der Waals surface area contributed by atoms with Crippen LogP contribution in [-0.4, -0.2) is 6.54 Å². The second-order valence-electron chi connectivity index (χ2n) is 6.67. The highest BCUT2D eigenvalue weighted by Crippen LogP contribution is 2.19. The molecule has 2 rings (SSSR count). The molecule has 0 aliphatic rings. The van der Waals surface area contributed by atoms with Crippen molar-refractivity contribution in [2.75, 3.05) is 11.9 Å². The predicted molar refractivity (Wildman–Crippen MR) is 104 cm³/mol. The maximum atomic E-state index is 3.56. The number of unbranched alkanes of at least 4 members (excludes halogenated alkanes) is 9. The van der Waals surface area contributed by atoms with Crippen LogP contribution in [0.15, 0.2) is 42.5 Å². The Balaban J connectivity index is 1.50. The van der Waals surface area contributed by atoms with Crippen molar-refractivity contribution in [3.63, 3.8) is 0 Å². The van der Waals surface area contributed by atoms with Crippen molar-refractivity contribution in [1.29, 1.82) is 0 Å². The van der Waals surface area contributed by atoms with E-state index in [1.54, 1.807) is 0 Å². The Morgan fingerprint density at radius 2 is 1.26 bits per heavy atom. The van der Waals surface area contributed by atoms with Crippen LogP contribution in [0, 0.1) is 0 Å². The third-order valence-electron chi connectivity index (χ3n) is 4.61. The molecule has 126 valence electrons. The molecule has 0 spiro atoms. The van der Waals surface area contributed by atoms with E-state index in [-0.39, 0.29) is 0 Å². The van der Waals surface area contributed by atoms with Crippen molar-refractivity contribution in [3.05, 3.63) is 42.5 Å². The summed E-state index contributed by atoms with van der Waals surface area (Å²) in [6, 6.07) is 15.2. The maximum absolute atomic E-state index is 3.56. The molecule has 23 heavy (non-hydrogen) atoms. The van der Waals surface area contributed by atoms with Crippen molar-refractivity contribution in [3.8, 4) is 0 Å². The highest BCUT2D eigenvalue weighted by atomic mass is 14.9. The fourth-order valence-corrected chi connectivity index (χ4v) is 3.14. The molecule has 1 nitrogen and oxygen atoms in total. The molecule has 0 aliphatic heterocycles. The number of nitrogens with one attached hydrogen (secondary N) is 1. The smallest absolute Gasteiger partial charge is 0.0346 e. The highest BCUT2D eigenvalue weighted by molar-refractivity contribution is 5.85. The molecule has 2 aromatic carbocycles. The Bertz CT molecular complexity index is 546. The van der Waals surface area contributed by atoms with Crippen LogP contribution in [-0.2, 0) is 0 Å². The van der Waals surface area contributed by atoms with Gasteiger partial charge in [0.1, 0.15) is 0 Å². The molecule has 0 bridgehead atoms. The van der Waals surface area contributed by atoms with Crippen LogP contribution in [0.2, 0.25) is 0 Å². The molecular formula is C22H33N. The molecule has 0 radical (unpaired) electrons. The fourth-order valence-electron chi connectivity index (χ4n) is 3.14. The van der Waals surface area contributed by atoms with E-state index >= 15 is 0 Å². The van der Waals surface area contributed by atoms with E-state index in [9.17, 15) is 0 Å². The number of benzene rings is 2. The quantitative estimate of drug-likeness (QED) is 0.409. The fraction of sp³-hybridized carbons (Fsp3) is 0.545. The Labute approximate surface area is 142 Å². The molecule has 0 aromatic heterocycles. The summed E-state index contributed by atoms with van der Waals surface area (Å²) in [5, 5.41) is 6.20. The summed E-state index contributed by atoms with van der Waals surface area (Å²) in [4.78, 5) is 0. The average molecular weight is 312 g/mol. The Hall–Kier alpha value is -1.50. The lowest BCUT2D eigenvalue weighted by Gasteiger charge is -2.08. The highest BCUT2D eigenvalue weighted by Gasteiger charge is 1.96. The predicted octanol–water partition coefficient (Wildman–Crippen LogP) is 7.17. The monoisotopic (exact) mass is 311 g/mol. The standard InChI is InChI=1S/C22H33N/c1-2-3-4-5-6-7-8-9-10-13-18-23-22-17-16-20-14-11-12-15-21(20)19-22/h11-12,14-17,19,23H,2-10,13,18H2,1H3. The largest absolute Gasteiger partial charge is 0.385 e. The van der Waals surface area contributed by atoms with Crippen molar-refractivity contribution in [2.24, 2.45) is 0 Å². The molecule has 0 amide bonds. The zero-order valence-electron chi connectivity index (χ0n) is 14.8. The van der Waals surface area contributed by atoms with E-state index in [1.807, 2.05) is 0 Å². The normalized spacial score (nSPS) is 11.0. The van der Waals surface area contributed by atoms with Gasteiger partial charge in [-0.1, -0.05) is 95.0 Å². The van der Waals surface area contributed by atoms with Gasteiger partial charge in [0.2, 0.25) is 0 Å². The van der Waals surface area contributed by atoms with E-state index in [1.165, 1.54) is 80.7 Å². The van der Waals surface area contributed by atoms with Crippen LogP contribution in [0.3, 0.4) is 0 Å². The van der Waals surface area contributed by atoms with Gasteiger partial charge in [-0.15, -0.1) is 0 Å². The molecule has 0 saturated heterocycles. The van der Waals surface area contributed by atoms with E-state index in [2.05, 4.69) is 54.7 Å². The summed E-state index contributed by atoms with van der Waals surface area (Å²) in [6.07, 6.45) is 14.0. The summed E-state index contributed by atoms with van der Waals surface area (Å²) in [7, 11) is 0. The van der Waals surface area contributed by atoms with Gasteiger partial charge in [0.25, 0.3) is 0 Å². The number of anilines is 1. The Kier molecular flexibility index (Phi) is 8.61. The summed E-state index contributed by atoms with van der Waals surface area (Å²) in [5.41, 5.74) is 1.25. The molecule has 0 saturated carbocycles. The molecule has 0 unspecified atom stereocenters. The first kappa shape index (κ1) is 17.8. The topological polar surface area (TPSA) is 12.0 Å². The van der Waals surface area contributed by atoms with E-state index in [4.69, 9.17) is 0 Å². The van der Waals surface area contributed by atoms with Crippen LogP contribution in [0.1, 0.15) is 71.1 Å². The second-order valence-corrected chi connectivity index (χ2v) is 6.67. The number of hydrogen-bond acceptors (Lipinski definition) is 1. The van der Waals surface area contributed by atoms with Crippen molar-refractivity contribution < 1.29 is 0 Å². The van der Waals surface area contributed by atoms with Crippen LogP contribution >= 0.6 is 0 Å². The lowest BCUT2D eigenvalue weighted by molar-refractivity contribution is 0.560. The lowest BCUT2D eigenvalue weighted by Crippen LogP contribution is -2.01. The minimum absolute atomic E-state index is 1.09. The van der Waals surface area contributed by atoms with Crippen LogP contribution < -0.4 is 5.32 Å². The molecule has 2 aromatic rings. The zero-order chi connectivity index (χ0) is 16.2. The zero-order valence-corrected chi connectivity index (χ0v) is 14.8. The minimum Gasteiger partial charge on any atom is -0.385 e. The van der Waals surface area contributed by atoms with Crippen LogP contribution in [0.25, 0.3) is 10.8 Å². The van der Waals surface area contributed by atoms with Gasteiger partial charge in [-0.25, -0.2) is 0 Å². The van der Waals surface area contributed by atoms with Gasteiger partial charge in [0, 0.05) is 12.2 Å². The lowest BCUT2D eigenvalue weighted by atomic mass is 10.1. The van der Waals surface area contributed by atoms with Crippen molar-refractivity contribution in [2.45, 2.75) is 71.1 Å². The first-order valence-corrected chi connectivity index (χ1v) is 9.63. The molecule has 1 N–H and O–H groups in total. The van der Waals surface area contributed by atoms with Gasteiger partial charge >= 0.3 is 0 Å². The molecule has 0 aliphatic carbocycles. The second kappa shape index (κ2) is 11.1. The molecule has 1 heteroatoms.